The fraction of sp³-hybridized carbons (Fsp3) is 0.318. The number of benzene rings is 1. The minimum absolute atomic E-state index is 0.0506. The van der Waals surface area contributed by atoms with Gasteiger partial charge >= 0.3 is 29.9 Å². The van der Waals surface area contributed by atoms with Crippen LogP contribution in [0, 0.1) is 0 Å². The Morgan fingerprint density at radius 1 is 0.912 bits per heavy atom. The first-order valence-electron chi connectivity index (χ1n) is 9.67. The summed E-state index contributed by atoms with van der Waals surface area (Å²) in [6, 6.07) is 3.03. The number of aryl methyl sites for hydroxylation is 1. The van der Waals surface area contributed by atoms with Crippen molar-refractivity contribution in [1.29, 1.82) is 0 Å². The van der Waals surface area contributed by atoms with Gasteiger partial charge in [0.1, 0.15) is 17.1 Å². The van der Waals surface area contributed by atoms with Crippen molar-refractivity contribution < 1.29 is 49.8 Å². The van der Waals surface area contributed by atoms with E-state index >= 15 is 0 Å². The van der Waals surface area contributed by atoms with E-state index in [0.717, 1.165) is 18.2 Å². The molecular formula is C22H18F6O6. The molecular weight excluding hydrogens is 474 g/mol. The van der Waals surface area contributed by atoms with Gasteiger partial charge in [-0.25, -0.2) is 14.4 Å². The van der Waals surface area contributed by atoms with E-state index in [2.05, 4.69) is 0 Å². The second-order valence-corrected chi connectivity index (χ2v) is 7.13. The minimum Gasteiger partial charge on any atom is -0.423 e. The fourth-order valence-corrected chi connectivity index (χ4v) is 2.72. The van der Waals surface area contributed by atoms with Gasteiger partial charge in [-0.1, -0.05) is 13.3 Å². The normalized spacial score (nSPS) is 13.2. The first kappa shape index (κ1) is 26.7. The van der Waals surface area contributed by atoms with Crippen molar-refractivity contribution in [3.8, 4) is 11.5 Å². The van der Waals surface area contributed by atoms with Crippen LogP contribution in [0.3, 0.4) is 0 Å². The smallest absolute Gasteiger partial charge is 0.412 e. The fourth-order valence-electron chi connectivity index (χ4n) is 2.72. The van der Waals surface area contributed by atoms with Crippen molar-refractivity contribution in [2.75, 3.05) is 0 Å². The summed E-state index contributed by atoms with van der Waals surface area (Å²) in [5.41, 5.74) is -3.25. The maximum atomic E-state index is 12.7. The lowest BCUT2D eigenvalue weighted by Crippen LogP contribution is -2.14. The lowest BCUT2D eigenvalue weighted by Gasteiger charge is -2.13. The number of carbonyl (C=O) groups excluding carboxylic acids is 2. The van der Waals surface area contributed by atoms with E-state index in [-0.39, 0.29) is 29.5 Å². The van der Waals surface area contributed by atoms with Crippen LogP contribution < -0.4 is 15.1 Å². The topological polar surface area (TPSA) is 82.8 Å². The summed E-state index contributed by atoms with van der Waals surface area (Å²) in [6.45, 7) is 3.06. The third-order valence-electron chi connectivity index (χ3n) is 4.37. The molecule has 0 saturated heterocycles. The van der Waals surface area contributed by atoms with Crippen molar-refractivity contribution in [2.24, 2.45) is 0 Å². The van der Waals surface area contributed by atoms with Crippen molar-refractivity contribution in [1.82, 2.24) is 0 Å². The molecule has 0 saturated carbocycles. The highest BCUT2D eigenvalue weighted by molar-refractivity contribution is 5.94. The number of carbonyl (C=O) groups is 2. The second kappa shape index (κ2) is 10.1. The SMILES string of the molecule is CCCc1cc(=O)oc2cc(OC(=O)/C=C(/C)C(F)(F)F)cc(OC(=O)/C=C(/C)C(F)(F)F)c12. The highest BCUT2D eigenvalue weighted by Crippen LogP contribution is 2.35. The van der Waals surface area contributed by atoms with Crippen molar-refractivity contribution in [3.05, 3.63) is 57.5 Å². The molecule has 0 aliphatic heterocycles. The first-order valence-corrected chi connectivity index (χ1v) is 9.67. The molecule has 0 spiro atoms. The van der Waals surface area contributed by atoms with Gasteiger partial charge in [-0.3, -0.25) is 0 Å². The number of fused-ring (bicyclic) bond motifs is 1. The molecule has 0 aliphatic rings. The number of halogens is 6. The van der Waals surface area contributed by atoms with Gasteiger partial charge in [0, 0.05) is 41.5 Å². The number of ether oxygens (including phenoxy) is 2. The van der Waals surface area contributed by atoms with Crippen LogP contribution >= 0.6 is 0 Å². The molecule has 0 N–H and O–H groups in total. The third kappa shape index (κ3) is 6.96. The quantitative estimate of drug-likeness (QED) is 0.172. The van der Waals surface area contributed by atoms with E-state index in [1.807, 2.05) is 0 Å². The van der Waals surface area contributed by atoms with Gasteiger partial charge < -0.3 is 13.9 Å². The van der Waals surface area contributed by atoms with Crippen LogP contribution in [0.2, 0.25) is 0 Å². The molecule has 0 amide bonds. The molecule has 184 valence electrons. The first-order chi connectivity index (χ1) is 15.6. The number of rotatable bonds is 6. The van der Waals surface area contributed by atoms with Crippen molar-refractivity contribution >= 4 is 22.9 Å². The molecule has 1 aromatic heterocycles. The average molecular weight is 492 g/mol. The van der Waals surface area contributed by atoms with Gasteiger partial charge in [0.15, 0.2) is 0 Å². The largest absolute Gasteiger partial charge is 0.423 e. The molecule has 0 fully saturated rings. The van der Waals surface area contributed by atoms with Crippen LogP contribution in [0.25, 0.3) is 11.0 Å². The summed E-state index contributed by atoms with van der Waals surface area (Å²) in [6.07, 6.45) is -8.39. The molecule has 1 heterocycles. The van der Waals surface area contributed by atoms with Gasteiger partial charge in [-0.15, -0.1) is 0 Å². The Morgan fingerprint density at radius 3 is 1.94 bits per heavy atom. The molecule has 0 atom stereocenters. The number of allylic oxidation sites excluding steroid dienone is 2. The minimum atomic E-state index is -4.79. The van der Waals surface area contributed by atoms with Crippen LogP contribution in [0.15, 0.2) is 50.7 Å². The van der Waals surface area contributed by atoms with E-state index in [4.69, 9.17) is 13.9 Å². The van der Waals surface area contributed by atoms with Crippen LogP contribution in [0.5, 0.6) is 11.5 Å². The Balaban J connectivity index is 2.59. The number of hydrogen-bond donors (Lipinski definition) is 0. The molecule has 0 bridgehead atoms. The Morgan fingerprint density at radius 2 is 1.44 bits per heavy atom. The van der Waals surface area contributed by atoms with Crippen LogP contribution in [-0.2, 0) is 16.0 Å². The standard InChI is InChI=1S/C22H18F6O6/c1-4-5-13-8-19(31)34-16-10-14(32-17(29)6-11(2)21(23,24)25)9-15(20(13)16)33-18(30)7-12(3)22(26,27)28/h6-10H,4-5H2,1-3H3/b11-6-,12-7-. The Hall–Kier alpha value is -3.57. The number of alkyl halides is 6. The molecule has 0 aliphatic carbocycles. The molecule has 34 heavy (non-hydrogen) atoms. The van der Waals surface area contributed by atoms with Crippen LogP contribution in [-0.4, -0.2) is 24.3 Å². The predicted molar refractivity (Wildman–Crippen MR) is 107 cm³/mol. The summed E-state index contributed by atoms with van der Waals surface area (Å²) in [4.78, 5) is 35.9. The maximum Gasteiger partial charge on any atom is 0.412 e. The zero-order valence-electron chi connectivity index (χ0n) is 18.0. The van der Waals surface area contributed by atoms with Gasteiger partial charge in [-0.05, 0) is 25.8 Å². The summed E-state index contributed by atoms with van der Waals surface area (Å²) < 4.78 is 91.0. The van der Waals surface area contributed by atoms with E-state index in [9.17, 15) is 40.7 Å². The summed E-state index contributed by atoms with van der Waals surface area (Å²) in [7, 11) is 0. The van der Waals surface area contributed by atoms with Crippen LogP contribution in [0.1, 0.15) is 32.8 Å². The van der Waals surface area contributed by atoms with Gasteiger partial charge in [-0.2, -0.15) is 26.3 Å². The molecule has 12 heteroatoms. The highest BCUT2D eigenvalue weighted by atomic mass is 19.4. The highest BCUT2D eigenvalue weighted by Gasteiger charge is 2.32. The molecule has 2 aromatic rings. The van der Waals surface area contributed by atoms with E-state index in [1.54, 1.807) is 6.92 Å². The molecule has 1 aromatic carbocycles. The third-order valence-corrected chi connectivity index (χ3v) is 4.37. The number of hydrogen-bond acceptors (Lipinski definition) is 6. The van der Waals surface area contributed by atoms with E-state index < -0.39 is 52.6 Å². The van der Waals surface area contributed by atoms with E-state index in [1.165, 1.54) is 0 Å². The average Bonchev–Trinajstić information content (AvgIpc) is 2.65. The predicted octanol–water partition coefficient (Wildman–Crippen LogP) is 5.57. The Bertz CT molecular complexity index is 1220. The summed E-state index contributed by atoms with van der Waals surface area (Å²) >= 11 is 0. The van der Waals surface area contributed by atoms with Gasteiger partial charge in [0.05, 0.1) is 5.39 Å². The number of esters is 2. The van der Waals surface area contributed by atoms with Crippen LogP contribution in [0.4, 0.5) is 26.3 Å². The Kier molecular flexibility index (Phi) is 7.96. The zero-order valence-corrected chi connectivity index (χ0v) is 18.0. The van der Waals surface area contributed by atoms with Gasteiger partial charge in [0.2, 0.25) is 0 Å². The maximum absolute atomic E-state index is 12.7. The summed E-state index contributed by atoms with van der Waals surface area (Å²) in [5.74, 6) is -3.76. The Labute approximate surface area is 188 Å². The lowest BCUT2D eigenvalue weighted by molar-refractivity contribution is -0.130. The van der Waals surface area contributed by atoms with Crippen molar-refractivity contribution in [2.45, 2.75) is 46.0 Å². The van der Waals surface area contributed by atoms with E-state index in [0.29, 0.717) is 25.8 Å². The summed E-state index contributed by atoms with van der Waals surface area (Å²) in [5, 5.41) is 0.0506. The zero-order chi connectivity index (χ0) is 25.8. The molecule has 2 rings (SSSR count). The molecule has 0 radical (unpaired) electrons. The lowest BCUT2D eigenvalue weighted by atomic mass is 10.0. The monoisotopic (exact) mass is 492 g/mol. The molecule has 0 unspecified atom stereocenters. The molecule has 6 nitrogen and oxygen atoms in total. The van der Waals surface area contributed by atoms with Crippen molar-refractivity contribution in [3.63, 3.8) is 0 Å². The van der Waals surface area contributed by atoms with Gasteiger partial charge in [0.25, 0.3) is 0 Å². The second-order valence-electron chi connectivity index (χ2n) is 7.13.